The summed E-state index contributed by atoms with van der Waals surface area (Å²) in [5.41, 5.74) is 1.58. The SMILES string of the molecule is CSc1c(CCCBr)cccc1C(O)C(=O)O. The molecule has 3 nitrogen and oxygen atoms in total. The summed E-state index contributed by atoms with van der Waals surface area (Å²) in [6, 6.07) is 5.44. The summed E-state index contributed by atoms with van der Waals surface area (Å²) < 4.78 is 0. The van der Waals surface area contributed by atoms with Crippen molar-refractivity contribution in [3.63, 3.8) is 0 Å². The van der Waals surface area contributed by atoms with Gasteiger partial charge in [0.1, 0.15) is 0 Å². The molecular formula is C12H15BrO3S. The number of aryl methyl sites for hydroxylation is 1. The van der Waals surface area contributed by atoms with Crippen molar-refractivity contribution in [2.75, 3.05) is 11.6 Å². The Labute approximate surface area is 113 Å². The third kappa shape index (κ3) is 3.72. The van der Waals surface area contributed by atoms with Gasteiger partial charge in [-0.2, -0.15) is 0 Å². The molecule has 0 aromatic heterocycles. The van der Waals surface area contributed by atoms with E-state index in [2.05, 4.69) is 15.9 Å². The van der Waals surface area contributed by atoms with Crippen LogP contribution in [0.5, 0.6) is 0 Å². The number of alkyl halides is 1. The van der Waals surface area contributed by atoms with Crippen LogP contribution in [0.2, 0.25) is 0 Å². The Kier molecular flexibility index (Phi) is 6.02. The van der Waals surface area contributed by atoms with Crippen LogP contribution in [0.15, 0.2) is 23.1 Å². The number of hydrogen-bond acceptors (Lipinski definition) is 3. The minimum atomic E-state index is -1.44. The maximum absolute atomic E-state index is 10.8. The van der Waals surface area contributed by atoms with Gasteiger partial charge in [-0.3, -0.25) is 0 Å². The maximum atomic E-state index is 10.8. The Morgan fingerprint density at radius 2 is 2.24 bits per heavy atom. The largest absolute Gasteiger partial charge is 0.479 e. The Balaban J connectivity index is 3.09. The van der Waals surface area contributed by atoms with Gasteiger partial charge in [0.2, 0.25) is 0 Å². The van der Waals surface area contributed by atoms with Crippen LogP contribution in [-0.4, -0.2) is 27.8 Å². The van der Waals surface area contributed by atoms with Gasteiger partial charge in [-0.25, -0.2) is 4.79 Å². The van der Waals surface area contributed by atoms with E-state index in [1.165, 1.54) is 11.8 Å². The lowest BCUT2D eigenvalue weighted by atomic mass is 10.0. The Morgan fingerprint density at radius 3 is 2.76 bits per heavy atom. The van der Waals surface area contributed by atoms with E-state index in [0.717, 1.165) is 28.6 Å². The standard InChI is InChI=1S/C12H15BrO3S/c1-17-11-8(5-3-7-13)4-2-6-9(11)10(14)12(15)16/h2,4,6,10,14H,3,5,7H2,1H3,(H,15,16). The molecular weight excluding hydrogens is 304 g/mol. The van der Waals surface area contributed by atoms with Gasteiger partial charge in [0.05, 0.1) is 0 Å². The summed E-state index contributed by atoms with van der Waals surface area (Å²) in [6.45, 7) is 0. The van der Waals surface area contributed by atoms with Crippen LogP contribution in [0, 0.1) is 0 Å². The van der Waals surface area contributed by atoms with Gasteiger partial charge in [0, 0.05) is 15.8 Å². The zero-order chi connectivity index (χ0) is 12.8. The molecule has 0 amide bonds. The zero-order valence-electron chi connectivity index (χ0n) is 9.52. The maximum Gasteiger partial charge on any atom is 0.337 e. The first-order chi connectivity index (χ1) is 8.11. The Hall–Kier alpha value is -0.520. The van der Waals surface area contributed by atoms with Crippen LogP contribution in [0.25, 0.3) is 0 Å². The molecule has 17 heavy (non-hydrogen) atoms. The number of aliphatic hydroxyl groups excluding tert-OH is 1. The van der Waals surface area contributed by atoms with Gasteiger partial charge >= 0.3 is 5.97 Å². The van der Waals surface area contributed by atoms with Gasteiger partial charge < -0.3 is 10.2 Å². The number of thioether (sulfide) groups is 1. The molecule has 1 rings (SSSR count). The average Bonchev–Trinajstić information content (AvgIpc) is 2.34. The molecule has 0 aliphatic rings. The molecule has 0 fully saturated rings. The van der Waals surface area contributed by atoms with E-state index in [-0.39, 0.29) is 0 Å². The molecule has 0 bridgehead atoms. The first kappa shape index (κ1) is 14.5. The molecule has 0 aliphatic carbocycles. The summed E-state index contributed by atoms with van der Waals surface area (Å²) in [5.74, 6) is -1.21. The van der Waals surface area contributed by atoms with Crippen LogP contribution < -0.4 is 0 Å². The van der Waals surface area contributed by atoms with Gasteiger partial charge in [0.15, 0.2) is 6.10 Å². The van der Waals surface area contributed by atoms with E-state index in [9.17, 15) is 9.90 Å². The summed E-state index contributed by atoms with van der Waals surface area (Å²) >= 11 is 4.85. The van der Waals surface area contributed by atoms with E-state index in [1.807, 2.05) is 12.3 Å². The van der Waals surface area contributed by atoms with Crippen molar-refractivity contribution in [2.24, 2.45) is 0 Å². The van der Waals surface area contributed by atoms with Gasteiger partial charge in [0.25, 0.3) is 0 Å². The van der Waals surface area contributed by atoms with Gasteiger partial charge in [-0.15, -0.1) is 11.8 Å². The number of aliphatic hydroxyl groups is 1. The predicted molar refractivity (Wildman–Crippen MR) is 72.9 cm³/mol. The lowest BCUT2D eigenvalue weighted by molar-refractivity contribution is -0.147. The van der Waals surface area contributed by atoms with Crippen LogP contribution in [-0.2, 0) is 11.2 Å². The minimum Gasteiger partial charge on any atom is -0.479 e. The number of aliphatic carboxylic acids is 1. The number of carbonyl (C=O) groups is 1. The zero-order valence-corrected chi connectivity index (χ0v) is 11.9. The molecule has 1 aromatic rings. The first-order valence-corrected chi connectivity index (χ1v) is 7.59. The predicted octanol–water partition coefficient (Wildman–Crippen LogP) is 2.85. The van der Waals surface area contributed by atoms with Gasteiger partial charge in [-0.1, -0.05) is 34.1 Å². The average molecular weight is 319 g/mol. The molecule has 1 atom stereocenters. The van der Waals surface area contributed by atoms with Crippen LogP contribution >= 0.6 is 27.7 Å². The van der Waals surface area contributed by atoms with Crippen molar-refractivity contribution in [3.05, 3.63) is 29.3 Å². The number of halogens is 1. The fourth-order valence-corrected chi connectivity index (χ4v) is 2.78. The molecule has 2 N–H and O–H groups in total. The summed E-state index contributed by atoms with van der Waals surface area (Å²) in [4.78, 5) is 11.7. The Bertz CT molecular complexity index is 395. The molecule has 0 saturated carbocycles. The highest BCUT2D eigenvalue weighted by Crippen LogP contribution is 2.30. The summed E-state index contributed by atoms with van der Waals surface area (Å²) in [6.07, 6.45) is 2.31. The van der Waals surface area contributed by atoms with E-state index < -0.39 is 12.1 Å². The molecule has 0 radical (unpaired) electrons. The molecule has 0 heterocycles. The smallest absolute Gasteiger partial charge is 0.337 e. The normalized spacial score (nSPS) is 12.4. The third-order valence-corrected chi connectivity index (χ3v) is 3.91. The highest BCUT2D eigenvalue weighted by molar-refractivity contribution is 9.09. The molecule has 0 aliphatic heterocycles. The summed E-state index contributed by atoms with van der Waals surface area (Å²) in [5, 5.41) is 19.4. The van der Waals surface area contributed by atoms with Crippen LogP contribution in [0.3, 0.4) is 0 Å². The fourth-order valence-electron chi connectivity index (χ4n) is 1.66. The van der Waals surface area contributed by atoms with Crippen LogP contribution in [0.1, 0.15) is 23.7 Å². The molecule has 5 heteroatoms. The van der Waals surface area contributed by atoms with E-state index >= 15 is 0 Å². The number of carboxylic acids is 1. The molecule has 0 saturated heterocycles. The third-order valence-electron chi connectivity index (χ3n) is 2.44. The monoisotopic (exact) mass is 318 g/mol. The molecule has 0 spiro atoms. The van der Waals surface area contributed by atoms with Crippen molar-refractivity contribution < 1.29 is 15.0 Å². The van der Waals surface area contributed by atoms with Crippen molar-refractivity contribution in [2.45, 2.75) is 23.8 Å². The first-order valence-electron chi connectivity index (χ1n) is 5.24. The second-order valence-electron chi connectivity index (χ2n) is 3.57. The lowest BCUT2D eigenvalue weighted by Crippen LogP contribution is -2.12. The Morgan fingerprint density at radius 1 is 1.53 bits per heavy atom. The van der Waals surface area contributed by atoms with E-state index in [4.69, 9.17) is 5.11 Å². The fraction of sp³-hybridized carbons (Fsp3) is 0.417. The van der Waals surface area contributed by atoms with E-state index in [0.29, 0.717) is 5.56 Å². The van der Waals surface area contributed by atoms with Gasteiger partial charge in [-0.05, 0) is 24.7 Å². The highest BCUT2D eigenvalue weighted by Gasteiger charge is 2.20. The van der Waals surface area contributed by atoms with Crippen molar-refractivity contribution >= 4 is 33.7 Å². The van der Waals surface area contributed by atoms with Crippen molar-refractivity contribution in [1.29, 1.82) is 0 Å². The molecule has 94 valence electrons. The lowest BCUT2D eigenvalue weighted by Gasteiger charge is -2.14. The van der Waals surface area contributed by atoms with E-state index in [1.54, 1.807) is 12.1 Å². The number of rotatable bonds is 6. The molecule has 1 aromatic carbocycles. The molecule has 1 unspecified atom stereocenters. The van der Waals surface area contributed by atoms with Crippen LogP contribution in [0.4, 0.5) is 0 Å². The van der Waals surface area contributed by atoms with Crippen molar-refractivity contribution in [1.82, 2.24) is 0 Å². The minimum absolute atomic E-state index is 0.483. The summed E-state index contributed by atoms with van der Waals surface area (Å²) in [7, 11) is 0. The second-order valence-corrected chi connectivity index (χ2v) is 5.18. The topological polar surface area (TPSA) is 57.5 Å². The number of hydrogen-bond donors (Lipinski definition) is 2. The second kappa shape index (κ2) is 7.03. The quantitative estimate of drug-likeness (QED) is 0.625. The van der Waals surface area contributed by atoms with Crippen molar-refractivity contribution in [3.8, 4) is 0 Å². The number of carboxylic acid groups (broad SMARTS) is 1. The highest BCUT2D eigenvalue weighted by atomic mass is 79.9. The number of benzene rings is 1.